The highest BCUT2D eigenvalue weighted by Crippen LogP contribution is 2.39. The average Bonchev–Trinajstić information content (AvgIpc) is 3.26. The summed E-state index contributed by atoms with van der Waals surface area (Å²) in [6.07, 6.45) is -1.55. The number of carbonyl (C=O) groups is 2. The summed E-state index contributed by atoms with van der Waals surface area (Å²) in [6.45, 7) is 5.55. The molecule has 0 radical (unpaired) electrons. The molecular formula is C23H24Cl2F3N5O2S. The van der Waals surface area contributed by atoms with Gasteiger partial charge in [-0.05, 0) is 54.5 Å². The van der Waals surface area contributed by atoms with E-state index in [1.807, 2.05) is 20.1 Å². The van der Waals surface area contributed by atoms with Gasteiger partial charge in [0, 0.05) is 17.3 Å². The molecular weight excluding hydrogens is 538 g/mol. The molecule has 0 unspecified atom stereocenters. The van der Waals surface area contributed by atoms with Crippen LogP contribution in [-0.2, 0) is 6.18 Å². The summed E-state index contributed by atoms with van der Waals surface area (Å²) in [6, 6.07) is 6.43. The fourth-order valence-corrected chi connectivity index (χ4v) is 5.00. The molecule has 1 aromatic carbocycles. The van der Waals surface area contributed by atoms with Gasteiger partial charge >= 0.3 is 6.18 Å². The predicted octanol–water partition coefficient (Wildman–Crippen LogP) is 6.27. The van der Waals surface area contributed by atoms with E-state index in [1.165, 1.54) is 30.5 Å². The molecule has 0 aliphatic carbocycles. The van der Waals surface area contributed by atoms with E-state index in [9.17, 15) is 22.8 Å². The topological polar surface area (TPSA) is 88.9 Å². The Morgan fingerprint density at radius 3 is 2.36 bits per heavy atom. The van der Waals surface area contributed by atoms with E-state index >= 15 is 0 Å². The van der Waals surface area contributed by atoms with Crippen LogP contribution in [0.4, 0.5) is 18.9 Å². The normalized spacial score (nSPS) is 12.4. The van der Waals surface area contributed by atoms with Crippen molar-refractivity contribution >= 4 is 50.9 Å². The number of hydrogen-bond acceptors (Lipinski definition) is 4. The molecule has 2 aromatic heterocycles. The number of nitrogens with one attached hydrogen (secondary N) is 2. The van der Waals surface area contributed by atoms with Crippen LogP contribution in [0.3, 0.4) is 0 Å². The van der Waals surface area contributed by atoms with Crippen LogP contribution in [0.1, 0.15) is 46.0 Å². The lowest BCUT2D eigenvalue weighted by Gasteiger charge is -2.34. The zero-order valence-electron chi connectivity index (χ0n) is 19.8. The van der Waals surface area contributed by atoms with Crippen LogP contribution in [0.15, 0.2) is 36.5 Å². The molecule has 2 heterocycles. The number of halogens is 5. The minimum Gasteiger partial charge on any atom is -0.320 e. The number of aromatic nitrogens is 3. The van der Waals surface area contributed by atoms with Crippen molar-refractivity contribution in [3.05, 3.63) is 69.1 Å². The van der Waals surface area contributed by atoms with E-state index in [0.717, 1.165) is 16.2 Å². The second-order valence-electron chi connectivity index (χ2n) is 8.02. The smallest absolute Gasteiger partial charge is 0.320 e. The second kappa shape index (κ2) is 10.7. The Morgan fingerprint density at radius 1 is 1.11 bits per heavy atom. The van der Waals surface area contributed by atoms with Crippen LogP contribution in [-0.4, -0.2) is 44.3 Å². The first-order valence-electron chi connectivity index (χ1n) is 10.7. The number of nitrogens with zero attached hydrogens (tertiary/aromatic N) is 3. The summed E-state index contributed by atoms with van der Waals surface area (Å²) in [5.41, 5.74) is -1.12. The number of amides is 2. The molecule has 3 aromatic rings. The quantitative estimate of drug-likeness (QED) is 0.355. The Hall–Kier alpha value is -2.76. The summed E-state index contributed by atoms with van der Waals surface area (Å²) in [4.78, 5) is 30.5. The Labute approximate surface area is 217 Å². The van der Waals surface area contributed by atoms with Gasteiger partial charge in [-0.1, -0.05) is 37.0 Å². The van der Waals surface area contributed by atoms with Gasteiger partial charge in [-0.3, -0.25) is 9.59 Å². The Bertz CT molecular complexity index is 1310. The van der Waals surface area contributed by atoms with E-state index in [1.54, 1.807) is 6.92 Å². The summed E-state index contributed by atoms with van der Waals surface area (Å²) in [5.74, 6) is -0.0768. The number of pyridine rings is 1. The third-order valence-corrected chi connectivity index (χ3v) is 9.31. The summed E-state index contributed by atoms with van der Waals surface area (Å²) in [5, 5.41) is 6.36. The van der Waals surface area contributed by atoms with Crippen molar-refractivity contribution in [2.75, 3.05) is 23.1 Å². The van der Waals surface area contributed by atoms with Gasteiger partial charge in [0.15, 0.2) is 11.5 Å². The molecule has 2 amide bonds. The molecule has 2 N–H and O–H groups in total. The van der Waals surface area contributed by atoms with Crippen LogP contribution >= 0.6 is 33.4 Å². The van der Waals surface area contributed by atoms with Crippen LogP contribution in [0.2, 0.25) is 10.0 Å². The van der Waals surface area contributed by atoms with Gasteiger partial charge < -0.3 is 10.0 Å². The van der Waals surface area contributed by atoms with Gasteiger partial charge in [-0.25, -0.2) is 9.67 Å². The fourth-order valence-electron chi connectivity index (χ4n) is 3.27. The molecule has 0 aliphatic rings. The number of hydrogen-bond donors (Lipinski definition) is 2. The molecule has 7 nitrogen and oxygen atoms in total. The molecule has 194 valence electrons. The molecule has 36 heavy (non-hydrogen) atoms. The first kappa shape index (κ1) is 27.8. The molecule has 0 spiro atoms. The maximum Gasteiger partial charge on any atom is 0.435 e. The first-order valence-corrected chi connectivity index (χ1v) is 13.9. The number of benzene rings is 1. The highest BCUT2D eigenvalue weighted by atomic mass is 35.5. The van der Waals surface area contributed by atoms with Crippen molar-refractivity contribution in [1.29, 1.82) is 0 Å². The van der Waals surface area contributed by atoms with Gasteiger partial charge in [0.05, 0.1) is 16.3 Å². The lowest BCUT2D eigenvalue weighted by Crippen LogP contribution is -2.31. The first-order chi connectivity index (χ1) is 16.8. The van der Waals surface area contributed by atoms with E-state index in [0.29, 0.717) is 11.6 Å². The van der Waals surface area contributed by atoms with E-state index in [4.69, 9.17) is 23.2 Å². The minimum atomic E-state index is -4.82. The molecule has 0 atom stereocenters. The third kappa shape index (κ3) is 5.96. The van der Waals surface area contributed by atoms with Crippen molar-refractivity contribution < 1.29 is 22.8 Å². The highest BCUT2D eigenvalue weighted by molar-refractivity contribution is 8.31. The predicted molar refractivity (Wildman–Crippen MR) is 138 cm³/mol. The van der Waals surface area contributed by atoms with E-state index in [-0.39, 0.29) is 27.1 Å². The molecule has 3 rings (SSSR count). The molecule has 0 fully saturated rings. The minimum absolute atomic E-state index is 0.00694. The Kier molecular flexibility index (Phi) is 8.27. The molecule has 0 bridgehead atoms. The van der Waals surface area contributed by atoms with E-state index in [2.05, 4.69) is 20.1 Å². The fraction of sp³-hybridized carbons (Fsp3) is 0.304. The van der Waals surface area contributed by atoms with Crippen molar-refractivity contribution in [1.82, 2.24) is 19.5 Å². The molecule has 0 saturated heterocycles. The SMILES string of the molecule is CCS(C)(CC)NC(=O)c1cc(Cl)cc(C)c1NC(=O)c1cc(C(F)(F)F)nn1-c1ncccc1Cl. The summed E-state index contributed by atoms with van der Waals surface area (Å²) < 4.78 is 44.1. The van der Waals surface area contributed by atoms with Crippen molar-refractivity contribution in [2.24, 2.45) is 0 Å². The largest absolute Gasteiger partial charge is 0.435 e. The number of anilines is 1. The third-order valence-electron chi connectivity index (χ3n) is 5.57. The van der Waals surface area contributed by atoms with Crippen LogP contribution in [0.25, 0.3) is 5.82 Å². The summed E-state index contributed by atoms with van der Waals surface area (Å²) >= 11 is 12.3. The average molecular weight is 562 g/mol. The van der Waals surface area contributed by atoms with Crippen molar-refractivity contribution in [3.63, 3.8) is 0 Å². The second-order valence-corrected chi connectivity index (χ2v) is 12.8. The standard InChI is InChI=1S/C23H24Cl2F3N5O2S/c1-5-36(4,6-2)32-21(34)15-11-14(24)10-13(3)19(15)30-22(35)17-12-18(23(26,27)28)31-33(17)20-16(25)8-7-9-29-20/h7-12H,5-6H2,1-4H3,(H,30,35)(H,32,34). The van der Waals surface area contributed by atoms with Crippen molar-refractivity contribution in [3.8, 4) is 5.82 Å². The van der Waals surface area contributed by atoms with Gasteiger partial charge in [0.2, 0.25) is 0 Å². The highest BCUT2D eigenvalue weighted by Gasteiger charge is 2.37. The van der Waals surface area contributed by atoms with Gasteiger partial charge in [-0.2, -0.15) is 28.5 Å². The van der Waals surface area contributed by atoms with E-state index < -0.39 is 39.6 Å². The zero-order valence-corrected chi connectivity index (χ0v) is 22.2. The molecule has 0 saturated carbocycles. The van der Waals surface area contributed by atoms with Crippen LogP contribution in [0, 0.1) is 6.92 Å². The number of aryl methyl sites for hydroxylation is 1. The number of carbonyl (C=O) groups excluding carboxylic acids is 2. The maximum absolute atomic E-state index is 13.5. The van der Waals surface area contributed by atoms with Crippen LogP contribution in [0.5, 0.6) is 0 Å². The molecule has 13 heteroatoms. The number of rotatable bonds is 7. The zero-order chi connectivity index (χ0) is 26.8. The van der Waals surface area contributed by atoms with Crippen molar-refractivity contribution in [2.45, 2.75) is 26.9 Å². The molecule has 0 aliphatic heterocycles. The lowest BCUT2D eigenvalue weighted by atomic mass is 10.1. The van der Waals surface area contributed by atoms with Gasteiger partial charge in [0.1, 0.15) is 5.69 Å². The van der Waals surface area contributed by atoms with Gasteiger partial charge in [-0.15, -0.1) is 0 Å². The Morgan fingerprint density at radius 2 is 1.78 bits per heavy atom. The monoisotopic (exact) mass is 561 g/mol. The Balaban J connectivity index is 2.08. The van der Waals surface area contributed by atoms with Crippen LogP contribution < -0.4 is 10.0 Å². The summed E-state index contributed by atoms with van der Waals surface area (Å²) in [7, 11) is -1.46. The number of alkyl halides is 3. The van der Waals surface area contributed by atoms with Gasteiger partial charge in [0.25, 0.3) is 11.8 Å². The lowest BCUT2D eigenvalue weighted by molar-refractivity contribution is -0.141. The maximum atomic E-state index is 13.5.